The molecule has 1 aliphatic rings. The van der Waals surface area contributed by atoms with Crippen LogP contribution in [-0.4, -0.2) is 25.4 Å². The molecule has 0 spiro atoms. The molecule has 174 valence electrons. The topological polar surface area (TPSA) is 70.0 Å². The van der Waals surface area contributed by atoms with E-state index in [4.69, 9.17) is 16.3 Å². The predicted molar refractivity (Wildman–Crippen MR) is 135 cm³/mol. The second-order valence-electron chi connectivity index (χ2n) is 8.19. The van der Waals surface area contributed by atoms with Crippen LogP contribution in [0.4, 0.5) is 11.4 Å². The number of nitriles is 1. The number of hydrogen-bond donors (Lipinski definition) is 2. The van der Waals surface area contributed by atoms with Crippen LogP contribution in [0.5, 0.6) is 11.5 Å². The van der Waals surface area contributed by atoms with Crippen molar-refractivity contribution >= 4 is 33.9 Å². The molecule has 1 aromatic heterocycles. The van der Waals surface area contributed by atoms with E-state index >= 15 is 0 Å². The van der Waals surface area contributed by atoms with Crippen molar-refractivity contribution in [2.45, 2.75) is 6.42 Å². The van der Waals surface area contributed by atoms with Crippen LogP contribution in [0.1, 0.15) is 12.0 Å². The van der Waals surface area contributed by atoms with Crippen molar-refractivity contribution in [1.29, 1.82) is 5.26 Å². The van der Waals surface area contributed by atoms with Gasteiger partial charge in [-0.3, -0.25) is 0 Å². The van der Waals surface area contributed by atoms with Crippen molar-refractivity contribution in [3.05, 3.63) is 87.1 Å². The van der Waals surface area contributed by atoms with E-state index < -0.39 is 18.4 Å². The first-order valence-electron chi connectivity index (χ1n) is 11.1. The molecule has 0 unspecified atom stereocenters. The third-order valence-corrected chi connectivity index (χ3v) is 17.5. The fourth-order valence-electron chi connectivity index (χ4n) is 4.20. The summed E-state index contributed by atoms with van der Waals surface area (Å²) < 4.78 is 11.2. The van der Waals surface area contributed by atoms with Gasteiger partial charge in [0.15, 0.2) is 0 Å². The molecular weight excluding hydrogens is 559 g/mol. The molecule has 34 heavy (non-hydrogen) atoms. The van der Waals surface area contributed by atoms with Crippen LogP contribution >= 0.6 is 11.6 Å². The molecule has 1 saturated heterocycles. The molecule has 5 rings (SSSR count). The number of nitrogens with zero attached hydrogens (tertiary/aromatic N) is 2. The van der Waals surface area contributed by atoms with Crippen LogP contribution in [0.2, 0.25) is 5.02 Å². The third-order valence-electron chi connectivity index (χ3n) is 5.97. The Morgan fingerprint density at radius 2 is 1.91 bits per heavy atom. The van der Waals surface area contributed by atoms with Gasteiger partial charge in [-0.15, -0.1) is 0 Å². The number of halogens is 2. The summed E-state index contributed by atoms with van der Waals surface area (Å²) in [5, 5.41) is 18.0. The molecule has 7 heteroatoms. The molecule has 1 aliphatic heterocycles. The molecular formula is C27H25ClIN4O-. The van der Waals surface area contributed by atoms with E-state index in [2.05, 4.69) is 39.9 Å². The number of rotatable bonds is 7. The van der Waals surface area contributed by atoms with Gasteiger partial charge in [-0.05, 0) is 12.1 Å². The summed E-state index contributed by atoms with van der Waals surface area (Å²) in [5.74, 6) is 1.30. The molecule has 0 radical (unpaired) electrons. The molecule has 3 aromatic carbocycles. The normalized spacial score (nSPS) is 15.2. The zero-order valence-electron chi connectivity index (χ0n) is 18.8. The van der Waals surface area contributed by atoms with Crippen LogP contribution in [-0.2, 0) is 0 Å². The Morgan fingerprint density at radius 1 is 1.09 bits per heavy atom. The van der Waals surface area contributed by atoms with Crippen LogP contribution in [0, 0.1) is 14.9 Å². The van der Waals surface area contributed by atoms with E-state index in [9.17, 15) is 5.26 Å². The van der Waals surface area contributed by atoms with Crippen molar-refractivity contribution in [2.24, 2.45) is 0 Å². The second-order valence-corrected chi connectivity index (χ2v) is 18.3. The summed E-state index contributed by atoms with van der Waals surface area (Å²) in [5.41, 5.74) is 2.94. The quantitative estimate of drug-likeness (QED) is 0.199. The van der Waals surface area contributed by atoms with Crippen molar-refractivity contribution in [3.8, 4) is 17.6 Å². The van der Waals surface area contributed by atoms with E-state index in [0.717, 1.165) is 32.6 Å². The average Bonchev–Trinajstić information content (AvgIpc) is 2.83. The fourth-order valence-corrected chi connectivity index (χ4v) is 12.8. The maximum absolute atomic E-state index is 9.74. The van der Waals surface area contributed by atoms with Crippen molar-refractivity contribution in [1.82, 2.24) is 10.3 Å². The van der Waals surface area contributed by atoms with E-state index in [0.29, 0.717) is 16.3 Å². The Balaban J connectivity index is 1.47. The second kappa shape index (κ2) is 9.79. The first-order valence-corrected chi connectivity index (χ1v) is 17.1. The van der Waals surface area contributed by atoms with E-state index in [1.54, 1.807) is 6.20 Å². The standard InChI is InChI=1S/C27H25ClIN4O/c1-31-18-29(12-5-13-29)20-8-10-23-25(14-20)32-17-19(16-30)27(23)33-21-9-11-26(24(28)15-21)34-22-6-3-2-4-7-22/h2-4,6-11,14-15,17,31H,5,12-13,18H2,1H3,(H,32,33)/q-1. The zero-order chi connectivity index (χ0) is 23.5. The third kappa shape index (κ3) is 4.43. The number of hydrogen-bond acceptors (Lipinski definition) is 5. The summed E-state index contributed by atoms with van der Waals surface area (Å²) in [6, 6.07) is 24.0. The number of benzene rings is 3. The van der Waals surface area contributed by atoms with Crippen molar-refractivity contribution in [3.63, 3.8) is 0 Å². The number of nitrogens with one attached hydrogen (secondary N) is 2. The van der Waals surface area contributed by atoms with E-state index in [1.165, 1.54) is 18.8 Å². The Morgan fingerprint density at radius 3 is 2.59 bits per heavy atom. The molecule has 0 saturated carbocycles. The SMILES string of the molecule is CNC[I-]1(c2ccc3c(Nc4ccc(Oc5ccccc5)c(Cl)c4)c(C#N)cnc3c2)CCC1. The van der Waals surface area contributed by atoms with Gasteiger partial charge in [0.25, 0.3) is 0 Å². The van der Waals surface area contributed by atoms with Crippen molar-refractivity contribution in [2.75, 3.05) is 25.8 Å². The molecule has 0 aliphatic carbocycles. The van der Waals surface area contributed by atoms with Gasteiger partial charge in [0, 0.05) is 0 Å². The van der Waals surface area contributed by atoms with Gasteiger partial charge in [0.1, 0.15) is 0 Å². The number of para-hydroxylation sites is 1. The number of fused-ring (bicyclic) bond motifs is 1. The minimum absolute atomic E-state index is 0.486. The van der Waals surface area contributed by atoms with Gasteiger partial charge in [-0.1, -0.05) is 18.2 Å². The van der Waals surface area contributed by atoms with Gasteiger partial charge in [-0.25, -0.2) is 0 Å². The van der Waals surface area contributed by atoms with Crippen molar-refractivity contribution < 1.29 is 23.2 Å². The summed E-state index contributed by atoms with van der Waals surface area (Å²) in [4.78, 5) is 4.63. The molecule has 1 fully saturated rings. The van der Waals surface area contributed by atoms with E-state index in [-0.39, 0.29) is 0 Å². The van der Waals surface area contributed by atoms with Crippen LogP contribution < -0.4 is 33.8 Å². The summed E-state index contributed by atoms with van der Waals surface area (Å²) in [6.45, 7) is 0. The number of anilines is 2. The molecule has 0 atom stereocenters. The van der Waals surface area contributed by atoms with Gasteiger partial charge in [-0.2, -0.15) is 0 Å². The van der Waals surface area contributed by atoms with Crippen LogP contribution in [0.3, 0.4) is 0 Å². The first kappa shape index (κ1) is 22.9. The van der Waals surface area contributed by atoms with Crippen LogP contribution in [0.25, 0.3) is 10.9 Å². The molecule has 4 aromatic rings. The fraction of sp³-hybridized carbons (Fsp3) is 0.185. The van der Waals surface area contributed by atoms with E-state index in [1.807, 2.05) is 55.6 Å². The minimum atomic E-state index is -1.95. The Hall–Kier alpha value is -2.86. The van der Waals surface area contributed by atoms with Gasteiger partial charge < -0.3 is 0 Å². The Labute approximate surface area is 208 Å². The average molecular weight is 584 g/mol. The number of ether oxygens (including phenoxy) is 1. The van der Waals surface area contributed by atoms with Gasteiger partial charge >= 0.3 is 179 Å². The molecule has 5 nitrogen and oxygen atoms in total. The van der Waals surface area contributed by atoms with Crippen LogP contribution in [0.15, 0.2) is 72.9 Å². The molecule has 2 N–H and O–H groups in total. The summed E-state index contributed by atoms with van der Waals surface area (Å²) in [6.07, 6.45) is 2.98. The number of pyridine rings is 1. The van der Waals surface area contributed by atoms with Gasteiger partial charge in [0.2, 0.25) is 0 Å². The Kier molecular flexibility index (Phi) is 6.59. The summed E-state index contributed by atoms with van der Waals surface area (Å²) in [7, 11) is 2.05. The predicted octanol–water partition coefficient (Wildman–Crippen LogP) is 3.21. The molecule has 0 amide bonds. The van der Waals surface area contributed by atoms with Gasteiger partial charge in [0.05, 0.1) is 0 Å². The number of aromatic nitrogens is 1. The first-order chi connectivity index (χ1) is 16.6. The molecule has 2 heterocycles. The Bertz CT molecular complexity index is 1380. The summed E-state index contributed by atoms with van der Waals surface area (Å²) >= 11 is 4.57. The molecule has 0 bridgehead atoms. The zero-order valence-corrected chi connectivity index (χ0v) is 21.7. The number of alkyl halides is 3. The monoisotopic (exact) mass is 583 g/mol. The maximum atomic E-state index is 9.74.